The molecule has 1 aliphatic rings. The SMILES string of the molecule is FC(F)Oc1ccccc1CCNC1=NCCCN1.I. The van der Waals surface area contributed by atoms with Crippen molar-refractivity contribution in [2.75, 3.05) is 19.6 Å². The predicted octanol–water partition coefficient (Wildman–Crippen LogP) is 2.39. The number of aliphatic imine (C=N–C) groups is 1. The van der Waals surface area contributed by atoms with Crippen molar-refractivity contribution in [3.63, 3.8) is 0 Å². The molecule has 0 saturated carbocycles. The molecule has 4 nitrogen and oxygen atoms in total. The summed E-state index contributed by atoms with van der Waals surface area (Å²) in [6.45, 7) is -0.439. The molecule has 0 aliphatic carbocycles. The molecule has 0 radical (unpaired) electrons. The van der Waals surface area contributed by atoms with Gasteiger partial charge in [-0.15, -0.1) is 24.0 Å². The number of nitrogens with zero attached hydrogens (tertiary/aromatic N) is 1. The Bertz CT molecular complexity index is 443. The summed E-state index contributed by atoms with van der Waals surface area (Å²) in [5.74, 6) is 1.01. The fourth-order valence-electron chi connectivity index (χ4n) is 1.89. The Balaban J connectivity index is 0.00000200. The zero-order chi connectivity index (χ0) is 13.5. The minimum atomic E-state index is -2.79. The van der Waals surface area contributed by atoms with Gasteiger partial charge < -0.3 is 15.4 Å². The molecule has 1 aliphatic heterocycles. The maximum atomic E-state index is 12.2. The first kappa shape index (κ1) is 16.9. The predicted molar refractivity (Wildman–Crippen MR) is 85.1 cm³/mol. The first-order valence-corrected chi connectivity index (χ1v) is 6.30. The summed E-state index contributed by atoms with van der Waals surface area (Å²) >= 11 is 0. The van der Waals surface area contributed by atoms with Crippen molar-refractivity contribution in [3.05, 3.63) is 29.8 Å². The van der Waals surface area contributed by atoms with Gasteiger partial charge in [0.15, 0.2) is 5.96 Å². The van der Waals surface area contributed by atoms with E-state index in [1.807, 2.05) is 6.07 Å². The normalized spacial score (nSPS) is 14.1. The molecule has 0 spiro atoms. The third-order valence-electron chi connectivity index (χ3n) is 2.77. The minimum Gasteiger partial charge on any atom is -0.435 e. The minimum absolute atomic E-state index is 0. The van der Waals surface area contributed by atoms with Gasteiger partial charge in [-0.2, -0.15) is 8.78 Å². The summed E-state index contributed by atoms with van der Waals surface area (Å²) in [6, 6.07) is 6.83. The summed E-state index contributed by atoms with van der Waals surface area (Å²) in [5.41, 5.74) is 0.756. The zero-order valence-electron chi connectivity index (χ0n) is 10.9. The molecule has 0 saturated heterocycles. The molecule has 0 aromatic heterocycles. The Kier molecular flexibility index (Phi) is 7.56. The highest BCUT2D eigenvalue weighted by Gasteiger charge is 2.09. The Morgan fingerprint density at radius 3 is 2.85 bits per heavy atom. The summed E-state index contributed by atoms with van der Waals surface area (Å²) in [5, 5.41) is 6.29. The van der Waals surface area contributed by atoms with Gasteiger partial charge in [0.2, 0.25) is 0 Å². The van der Waals surface area contributed by atoms with E-state index in [1.165, 1.54) is 0 Å². The van der Waals surface area contributed by atoms with E-state index in [9.17, 15) is 8.78 Å². The van der Waals surface area contributed by atoms with Crippen LogP contribution in [0, 0.1) is 0 Å². The van der Waals surface area contributed by atoms with Crippen LogP contribution < -0.4 is 15.4 Å². The molecule has 1 heterocycles. The molecule has 2 rings (SSSR count). The molecular weight excluding hydrogens is 379 g/mol. The van der Waals surface area contributed by atoms with Gasteiger partial charge >= 0.3 is 6.61 Å². The lowest BCUT2D eigenvalue weighted by molar-refractivity contribution is -0.0504. The monoisotopic (exact) mass is 397 g/mol. The molecule has 0 bridgehead atoms. The molecule has 0 fully saturated rings. The number of hydrogen-bond acceptors (Lipinski definition) is 4. The number of rotatable bonds is 5. The number of halogens is 3. The highest BCUT2D eigenvalue weighted by Crippen LogP contribution is 2.20. The first-order chi connectivity index (χ1) is 9.25. The molecule has 1 aromatic rings. The van der Waals surface area contributed by atoms with Gasteiger partial charge in [-0.25, -0.2) is 0 Å². The molecule has 20 heavy (non-hydrogen) atoms. The van der Waals surface area contributed by atoms with Gasteiger partial charge in [0, 0.05) is 19.6 Å². The van der Waals surface area contributed by atoms with E-state index in [-0.39, 0.29) is 29.7 Å². The van der Waals surface area contributed by atoms with Crippen molar-refractivity contribution in [1.29, 1.82) is 0 Å². The Hall–Kier alpha value is -1.12. The fourth-order valence-corrected chi connectivity index (χ4v) is 1.89. The van der Waals surface area contributed by atoms with Gasteiger partial charge in [0.1, 0.15) is 5.75 Å². The molecule has 0 atom stereocenters. The molecule has 0 amide bonds. The highest BCUT2D eigenvalue weighted by atomic mass is 127. The van der Waals surface area contributed by atoms with Crippen molar-refractivity contribution in [2.24, 2.45) is 4.99 Å². The standard InChI is InChI=1S/C13H17F2N3O.HI/c14-12(15)19-11-5-2-1-4-10(11)6-9-18-13-16-7-3-8-17-13;/h1-2,4-5,12H,3,6-9H2,(H2,16,17,18);1H. The lowest BCUT2D eigenvalue weighted by Crippen LogP contribution is -2.41. The van der Waals surface area contributed by atoms with Gasteiger partial charge in [-0.05, 0) is 24.5 Å². The van der Waals surface area contributed by atoms with Crippen LogP contribution in [0.2, 0.25) is 0 Å². The van der Waals surface area contributed by atoms with Gasteiger partial charge in [0.05, 0.1) is 0 Å². The van der Waals surface area contributed by atoms with E-state index in [0.717, 1.165) is 31.0 Å². The van der Waals surface area contributed by atoms with Crippen LogP contribution in [0.3, 0.4) is 0 Å². The lowest BCUT2D eigenvalue weighted by Gasteiger charge is -2.16. The molecule has 112 valence electrons. The van der Waals surface area contributed by atoms with Crippen molar-refractivity contribution >= 4 is 29.9 Å². The lowest BCUT2D eigenvalue weighted by atomic mass is 10.1. The van der Waals surface area contributed by atoms with Gasteiger partial charge in [-0.3, -0.25) is 4.99 Å². The maximum Gasteiger partial charge on any atom is 0.387 e. The molecular formula is C13H18F2IN3O. The number of para-hydroxylation sites is 1. The average molecular weight is 397 g/mol. The van der Waals surface area contributed by atoms with E-state index >= 15 is 0 Å². The second-order valence-electron chi connectivity index (χ2n) is 4.17. The van der Waals surface area contributed by atoms with Crippen LogP contribution >= 0.6 is 24.0 Å². The van der Waals surface area contributed by atoms with Crippen molar-refractivity contribution in [2.45, 2.75) is 19.5 Å². The van der Waals surface area contributed by atoms with Crippen molar-refractivity contribution < 1.29 is 13.5 Å². The molecule has 2 N–H and O–H groups in total. The second kappa shape index (κ2) is 8.93. The average Bonchev–Trinajstić information content (AvgIpc) is 2.41. The van der Waals surface area contributed by atoms with Crippen LogP contribution in [0.5, 0.6) is 5.75 Å². The summed E-state index contributed by atoms with van der Waals surface area (Å²) in [7, 11) is 0. The van der Waals surface area contributed by atoms with Crippen LogP contribution in [-0.4, -0.2) is 32.2 Å². The van der Waals surface area contributed by atoms with Crippen LogP contribution in [0.4, 0.5) is 8.78 Å². The maximum absolute atomic E-state index is 12.2. The Labute approximate surface area is 134 Å². The number of ether oxygens (including phenoxy) is 1. The quantitative estimate of drug-likeness (QED) is 0.751. The Morgan fingerprint density at radius 2 is 2.15 bits per heavy atom. The van der Waals surface area contributed by atoms with Crippen LogP contribution in [0.1, 0.15) is 12.0 Å². The number of benzene rings is 1. The summed E-state index contributed by atoms with van der Waals surface area (Å²) in [6.07, 6.45) is 1.64. The number of alkyl halides is 2. The summed E-state index contributed by atoms with van der Waals surface area (Å²) < 4.78 is 29.0. The first-order valence-electron chi connectivity index (χ1n) is 6.30. The van der Waals surface area contributed by atoms with Gasteiger partial charge in [0.25, 0.3) is 0 Å². The van der Waals surface area contributed by atoms with Crippen molar-refractivity contribution in [3.8, 4) is 5.75 Å². The van der Waals surface area contributed by atoms with E-state index in [1.54, 1.807) is 18.2 Å². The summed E-state index contributed by atoms with van der Waals surface area (Å²) in [4.78, 5) is 4.27. The van der Waals surface area contributed by atoms with Crippen LogP contribution in [0.15, 0.2) is 29.3 Å². The third-order valence-corrected chi connectivity index (χ3v) is 2.77. The molecule has 0 unspecified atom stereocenters. The number of guanidine groups is 1. The van der Waals surface area contributed by atoms with E-state index in [4.69, 9.17) is 0 Å². The molecule has 7 heteroatoms. The van der Waals surface area contributed by atoms with Crippen LogP contribution in [0.25, 0.3) is 0 Å². The largest absolute Gasteiger partial charge is 0.435 e. The second-order valence-corrected chi connectivity index (χ2v) is 4.17. The van der Waals surface area contributed by atoms with Gasteiger partial charge in [-0.1, -0.05) is 18.2 Å². The van der Waals surface area contributed by atoms with E-state index < -0.39 is 6.61 Å². The fraction of sp³-hybridized carbons (Fsp3) is 0.462. The topological polar surface area (TPSA) is 45.6 Å². The van der Waals surface area contributed by atoms with E-state index in [0.29, 0.717) is 13.0 Å². The van der Waals surface area contributed by atoms with Crippen molar-refractivity contribution in [1.82, 2.24) is 10.6 Å². The Morgan fingerprint density at radius 1 is 1.35 bits per heavy atom. The highest BCUT2D eigenvalue weighted by molar-refractivity contribution is 14.0. The zero-order valence-corrected chi connectivity index (χ0v) is 13.3. The van der Waals surface area contributed by atoms with Crippen LogP contribution in [-0.2, 0) is 6.42 Å². The smallest absolute Gasteiger partial charge is 0.387 e. The molecule has 1 aromatic carbocycles. The van der Waals surface area contributed by atoms with E-state index in [2.05, 4.69) is 20.4 Å². The number of nitrogens with one attached hydrogen (secondary N) is 2. The third kappa shape index (κ3) is 5.48. The number of hydrogen-bond donors (Lipinski definition) is 2.